The molecular formula is C5H10N6O3. The third kappa shape index (κ3) is 5.49. The van der Waals surface area contributed by atoms with Crippen LogP contribution in [-0.2, 0) is 4.79 Å². The molecule has 0 aromatic carbocycles. The van der Waals surface area contributed by atoms with Gasteiger partial charge in [-0.2, -0.15) is 15.0 Å². The minimum Gasteiger partial charge on any atom is -0.480 e. The molecule has 14 heavy (non-hydrogen) atoms. The van der Waals surface area contributed by atoms with Crippen LogP contribution in [0.1, 0.15) is 0 Å². The minimum absolute atomic E-state index is 0.0417. The third-order valence-electron chi connectivity index (χ3n) is 0.823. The van der Waals surface area contributed by atoms with Crippen molar-refractivity contribution in [2.75, 3.05) is 23.8 Å². The van der Waals surface area contributed by atoms with Crippen LogP contribution in [0.4, 0.5) is 17.8 Å². The first-order valence-electron chi connectivity index (χ1n) is 3.31. The molecule has 0 atom stereocenters. The molecule has 0 saturated heterocycles. The molecule has 1 aromatic heterocycles. The van der Waals surface area contributed by atoms with Gasteiger partial charge in [-0.25, -0.2) is 4.79 Å². The second-order valence-electron chi connectivity index (χ2n) is 1.96. The van der Waals surface area contributed by atoms with Gasteiger partial charge in [0, 0.05) is 0 Å². The van der Waals surface area contributed by atoms with Crippen molar-refractivity contribution in [1.29, 1.82) is 0 Å². The number of rotatable bonds is 1. The lowest BCUT2D eigenvalue weighted by Crippen LogP contribution is -2.05. The molecule has 0 fully saturated rings. The normalized spacial score (nSPS) is 8.64. The number of anilines is 3. The van der Waals surface area contributed by atoms with Gasteiger partial charge in [0.25, 0.3) is 0 Å². The van der Waals surface area contributed by atoms with Crippen molar-refractivity contribution in [2.45, 2.75) is 0 Å². The van der Waals surface area contributed by atoms with Crippen LogP contribution in [0.5, 0.6) is 0 Å². The van der Waals surface area contributed by atoms with Crippen LogP contribution < -0.4 is 17.2 Å². The Balaban J connectivity index is 0.000000292. The number of carboxylic acids is 1. The zero-order chi connectivity index (χ0) is 11.1. The topological polar surface area (TPSA) is 174 Å². The summed E-state index contributed by atoms with van der Waals surface area (Å²) in [5.41, 5.74) is 15.4. The first-order chi connectivity index (χ1) is 6.45. The van der Waals surface area contributed by atoms with Gasteiger partial charge < -0.3 is 27.4 Å². The Labute approximate surface area is 78.6 Å². The number of aliphatic carboxylic acids is 1. The zero-order valence-corrected chi connectivity index (χ0v) is 7.08. The predicted molar refractivity (Wildman–Crippen MR) is 47.8 cm³/mol. The third-order valence-corrected chi connectivity index (χ3v) is 0.823. The Bertz CT molecular complexity index is 266. The summed E-state index contributed by atoms with van der Waals surface area (Å²) in [6, 6.07) is 0. The SMILES string of the molecule is Nc1nc(N)nc(N)n1.O=C(O)CO. The highest BCUT2D eigenvalue weighted by Crippen LogP contribution is 1.97. The van der Waals surface area contributed by atoms with E-state index in [0.717, 1.165) is 0 Å². The number of nitrogen functional groups attached to an aromatic ring is 3. The molecular weight excluding hydrogens is 192 g/mol. The van der Waals surface area contributed by atoms with E-state index < -0.39 is 12.6 Å². The molecule has 9 nitrogen and oxygen atoms in total. The van der Waals surface area contributed by atoms with E-state index in [2.05, 4.69) is 15.0 Å². The van der Waals surface area contributed by atoms with E-state index in [1.165, 1.54) is 0 Å². The number of carboxylic acid groups (broad SMARTS) is 1. The number of carbonyl (C=O) groups is 1. The maximum Gasteiger partial charge on any atom is 0.329 e. The smallest absolute Gasteiger partial charge is 0.329 e. The fourth-order valence-corrected chi connectivity index (χ4v) is 0.427. The van der Waals surface area contributed by atoms with Crippen LogP contribution in [0, 0.1) is 0 Å². The molecule has 0 saturated carbocycles. The fraction of sp³-hybridized carbons (Fsp3) is 0.200. The molecule has 1 aromatic rings. The lowest BCUT2D eigenvalue weighted by atomic mass is 10.8. The van der Waals surface area contributed by atoms with Gasteiger partial charge in [-0.3, -0.25) is 0 Å². The predicted octanol–water partition coefficient (Wildman–Crippen LogP) is -2.32. The molecule has 8 N–H and O–H groups in total. The Morgan fingerprint density at radius 2 is 1.29 bits per heavy atom. The van der Waals surface area contributed by atoms with Crippen LogP contribution in [0.15, 0.2) is 0 Å². The summed E-state index contributed by atoms with van der Waals surface area (Å²) in [5.74, 6) is -1.06. The fourth-order valence-electron chi connectivity index (χ4n) is 0.427. The van der Waals surface area contributed by atoms with E-state index in [-0.39, 0.29) is 17.8 Å². The summed E-state index contributed by atoms with van der Waals surface area (Å²) in [5, 5.41) is 15.0. The molecule has 0 amide bonds. The summed E-state index contributed by atoms with van der Waals surface area (Å²) in [4.78, 5) is 19.6. The lowest BCUT2D eigenvalue weighted by molar-refractivity contribution is -0.140. The number of aliphatic hydroxyl groups is 1. The summed E-state index contributed by atoms with van der Waals surface area (Å²) in [6.45, 7) is -0.778. The number of hydrogen-bond acceptors (Lipinski definition) is 8. The number of aliphatic hydroxyl groups excluding tert-OH is 1. The zero-order valence-electron chi connectivity index (χ0n) is 7.08. The lowest BCUT2D eigenvalue weighted by Gasteiger charge is -1.93. The van der Waals surface area contributed by atoms with E-state index >= 15 is 0 Å². The van der Waals surface area contributed by atoms with Gasteiger partial charge in [0.2, 0.25) is 17.8 Å². The number of hydrogen-bond donors (Lipinski definition) is 5. The van der Waals surface area contributed by atoms with Gasteiger partial charge in [-0.15, -0.1) is 0 Å². The largest absolute Gasteiger partial charge is 0.480 e. The van der Waals surface area contributed by atoms with E-state index in [9.17, 15) is 0 Å². The summed E-state index contributed by atoms with van der Waals surface area (Å²) >= 11 is 0. The van der Waals surface area contributed by atoms with Crippen molar-refractivity contribution in [2.24, 2.45) is 0 Å². The van der Waals surface area contributed by atoms with Crippen LogP contribution in [-0.4, -0.2) is 37.7 Å². The molecule has 0 unspecified atom stereocenters. The average molecular weight is 202 g/mol. The maximum atomic E-state index is 9.12. The number of aromatic nitrogens is 3. The first kappa shape index (κ1) is 11.8. The summed E-state index contributed by atoms with van der Waals surface area (Å²) < 4.78 is 0. The van der Waals surface area contributed by atoms with E-state index in [1.807, 2.05) is 0 Å². The average Bonchev–Trinajstić information content (AvgIpc) is 2.02. The van der Waals surface area contributed by atoms with Crippen LogP contribution in [0.3, 0.4) is 0 Å². The molecule has 0 radical (unpaired) electrons. The van der Waals surface area contributed by atoms with Gasteiger partial charge in [0.15, 0.2) is 0 Å². The highest BCUT2D eigenvalue weighted by molar-refractivity contribution is 5.67. The Morgan fingerprint density at radius 1 is 1.07 bits per heavy atom. The van der Waals surface area contributed by atoms with E-state index in [1.54, 1.807) is 0 Å². The molecule has 1 heterocycles. The Hall–Kier alpha value is -2.16. The molecule has 0 aliphatic heterocycles. The van der Waals surface area contributed by atoms with Crippen molar-refractivity contribution < 1.29 is 15.0 Å². The molecule has 0 bridgehead atoms. The van der Waals surface area contributed by atoms with Crippen LogP contribution >= 0.6 is 0 Å². The Kier molecular flexibility index (Phi) is 4.63. The monoisotopic (exact) mass is 202 g/mol. The molecule has 78 valence electrons. The van der Waals surface area contributed by atoms with Crippen molar-refractivity contribution in [3.05, 3.63) is 0 Å². The maximum absolute atomic E-state index is 9.12. The highest BCUT2D eigenvalue weighted by Gasteiger charge is 1.93. The molecule has 0 aliphatic rings. The van der Waals surface area contributed by atoms with Gasteiger partial charge in [-0.1, -0.05) is 0 Å². The number of nitrogens with zero attached hydrogens (tertiary/aromatic N) is 3. The standard InChI is InChI=1S/C3H6N6.C2H4O3/c4-1-7-2(5)9-3(6)8-1;3-1-2(4)5/h(H6,4,5,6,7,8,9);3H,1H2,(H,4,5). The molecule has 0 aliphatic carbocycles. The van der Waals surface area contributed by atoms with Crippen molar-refractivity contribution in [1.82, 2.24) is 15.0 Å². The van der Waals surface area contributed by atoms with Gasteiger partial charge >= 0.3 is 5.97 Å². The van der Waals surface area contributed by atoms with Gasteiger partial charge in [0.1, 0.15) is 6.61 Å². The quantitative estimate of drug-likeness (QED) is 0.334. The van der Waals surface area contributed by atoms with Crippen molar-refractivity contribution in [3.8, 4) is 0 Å². The van der Waals surface area contributed by atoms with Crippen LogP contribution in [0.25, 0.3) is 0 Å². The van der Waals surface area contributed by atoms with E-state index in [4.69, 9.17) is 32.2 Å². The summed E-state index contributed by atoms with van der Waals surface area (Å²) in [6.07, 6.45) is 0. The van der Waals surface area contributed by atoms with Gasteiger partial charge in [0.05, 0.1) is 0 Å². The molecule has 9 heteroatoms. The second-order valence-corrected chi connectivity index (χ2v) is 1.96. The van der Waals surface area contributed by atoms with Gasteiger partial charge in [-0.05, 0) is 0 Å². The minimum atomic E-state index is -1.19. The highest BCUT2D eigenvalue weighted by atomic mass is 16.4. The second kappa shape index (κ2) is 5.48. The Morgan fingerprint density at radius 3 is 1.43 bits per heavy atom. The van der Waals surface area contributed by atoms with Crippen molar-refractivity contribution in [3.63, 3.8) is 0 Å². The van der Waals surface area contributed by atoms with E-state index in [0.29, 0.717) is 0 Å². The van der Waals surface area contributed by atoms with Crippen LogP contribution in [0.2, 0.25) is 0 Å². The number of nitrogens with two attached hydrogens (primary N) is 3. The summed E-state index contributed by atoms with van der Waals surface area (Å²) in [7, 11) is 0. The van der Waals surface area contributed by atoms with Crippen molar-refractivity contribution >= 4 is 23.8 Å². The molecule has 1 rings (SSSR count). The molecule has 0 spiro atoms. The first-order valence-corrected chi connectivity index (χ1v) is 3.31.